The van der Waals surface area contributed by atoms with E-state index in [1.54, 1.807) is 20.8 Å². The predicted molar refractivity (Wildman–Crippen MR) is 46.3 cm³/mol. The highest BCUT2D eigenvalue weighted by molar-refractivity contribution is 5.40. The molecule has 1 aliphatic rings. The molecule has 0 saturated carbocycles. The van der Waals surface area contributed by atoms with Gasteiger partial charge in [-0.2, -0.15) is 0 Å². The van der Waals surface area contributed by atoms with Crippen LogP contribution in [0.25, 0.3) is 0 Å². The quantitative estimate of drug-likeness (QED) is 0.544. The lowest BCUT2D eigenvalue weighted by Crippen LogP contribution is -2.31. The highest BCUT2D eigenvalue weighted by atomic mass is 19.2. The van der Waals surface area contributed by atoms with Gasteiger partial charge in [-0.25, -0.2) is 13.2 Å². The summed E-state index contributed by atoms with van der Waals surface area (Å²) in [5.74, 6) is -2.31. The van der Waals surface area contributed by atoms with Crippen LogP contribution in [0.5, 0.6) is 0 Å². The summed E-state index contributed by atoms with van der Waals surface area (Å²) in [6, 6.07) is 0. The number of hydrogen-bond acceptors (Lipinski definition) is 0. The molecule has 0 bridgehead atoms. The Morgan fingerprint density at radius 1 is 1.15 bits per heavy atom. The average molecular weight is 190 g/mol. The van der Waals surface area contributed by atoms with E-state index in [-0.39, 0.29) is 5.57 Å². The van der Waals surface area contributed by atoms with Crippen molar-refractivity contribution in [3.8, 4) is 0 Å². The molecule has 1 atom stereocenters. The minimum absolute atomic E-state index is 0.219. The zero-order valence-electron chi connectivity index (χ0n) is 8.21. The van der Waals surface area contributed by atoms with Crippen LogP contribution in [-0.2, 0) is 0 Å². The van der Waals surface area contributed by atoms with Gasteiger partial charge in [0, 0.05) is 5.41 Å². The van der Waals surface area contributed by atoms with E-state index in [1.807, 2.05) is 0 Å². The second-order valence-corrected chi connectivity index (χ2v) is 4.00. The van der Waals surface area contributed by atoms with Gasteiger partial charge in [0.15, 0.2) is 17.8 Å². The molecule has 0 radical (unpaired) electrons. The molecule has 1 rings (SSSR count). The monoisotopic (exact) mass is 190 g/mol. The molecule has 0 aromatic carbocycles. The summed E-state index contributed by atoms with van der Waals surface area (Å²) in [5, 5.41) is 0. The molecule has 3 heteroatoms. The maximum absolute atomic E-state index is 13.3. The van der Waals surface area contributed by atoms with Gasteiger partial charge in [0.05, 0.1) is 0 Å². The summed E-state index contributed by atoms with van der Waals surface area (Å²) < 4.78 is 39.3. The topological polar surface area (TPSA) is 0 Å². The highest BCUT2D eigenvalue weighted by Crippen LogP contribution is 2.45. The van der Waals surface area contributed by atoms with Crippen molar-refractivity contribution in [2.24, 2.45) is 5.41 Å². The number of allylic oxidation sites excluding steroid dienone is 4. The number of rotatable bonds is 0. The molecule has 0 aliphatic heterocycles. The van der Waals surface area contributed by atoms with Crippen LogP contribution >= 0.6 is 0 Å². The Bertz CT molecular complexity index is 297. The van der Waals surface area contributed by atoms with Gasteiger partial charge in [-0.05, 0) is 19.4 Å². The maximum atomic E-state index is 13.3. The van der Waals surface area contributed by atoms with Crippen LogP contribution in [0.15, 0.2) is 22.8 Å². The van der Waals surface area contributed by atoms with Crippen molar-refractivity contribution in [3.63, 3.8) is 0 Å². The third-order valence-electron chi connectivity index (χ3n) is 2.92. The van der Waals surface area contributed by atoms with E-state index in [0.717, 1.165) is 0 Å². The minimum Gasteiger partial charge on any atom is -0.239 e. The summed E-state index contributed by atoms with van der Waals surface area (Å²) in [6.45, 7) is 6.25. The van der Waals surface area contributed by atoms with Gasteiger partial charge in [0.2, 0.25) is 0 Å². The summed E-state index contributed by atoms with van der Waals surface area (Å²) in [7, 11) is 0. The van der Waals surface area contributed by atoms with Gasteiger partial charge in [0.1, 0.15) is 0 Å². The first-order valence-corrected chi connectivity index (χ1v) is 4.17. The zero-order valence-corrected chi connectivity index (χ0v) is 8.21. The fraction of sp³-hybridized carbons (Fsp3) is 0.600. The molecule has 0 amide bonds. The van der Waals surface area contributed by atoms with Gasteiger partial charge in [-0.1, -0.05) is 19.4 Å². The van der Waals surface area contributed by atoms with Gasteiger partial charge in [0.25, 0.3) is 0 Å². The molecule has 0 spiro atoms. The van der Waals surface area contributed by atoms with Crippen molar-refractivity contribution in [1.82, 2.24) is 0 Å². The lowest BCUT2D eigenvalue weighted by atomic mass is 9.74. The van der Waals surface area contributed by atoms with Crippen molar-refractivity contribution in [2.75, 3.05) is 0 Å². The van der Waals surface area contributed by atoms with Crippen molar-refractivity contribution >= 4 is 0 Å². The molecule has 74 valence electrons. The van der Waals surface area contributed by atoms with Gasteiger partial charge >= 0.3 is 0 Å². The number of alkyl halides is 1. The van der Waals surface area contributed by atoms with E-state index in [9.17, 15) is 13.2 Å². The molecule has 1 unspecified atom stereocenters. The predicted octanol–water partition coefficient (Wildman–Crippen LogP) is 3.85. The number of hydrogen-bond donors (Lipinski definition) is 0. The third-order valence-corrected chi connectivity index (χ3v) is 2.92. The molecule has 1 aliphatic carbocycles. The molecule has 0 aromatic heterocycles. The molecule has 13 heavy (non-hydrogen) atoms. The van der Waals surface area contributed by atoms with E-state index < -0.39 is 23.2 Å². The maximum Gasteiger partial charge on any atom is 0.171 e. The molecule has 0 aromatic rings. The Hall–Kier alpha value is -0.730. The van der Waals surface area contributed by atoms with Crippen LogP contribution in [0.2, 0.25) is 0 Å². The van der Waals surface area contributed by atoms with E-state index in [4.69, 9.17) is 0 Å². The molecule has 0 nitrogen and oxygen atoms in total. The highest BCUT2D eigenvalue weighted by Gasteiger charge is 2.41. The van der Waals surface area contributed by atoms with Crippen LogP contribution in [0, 0.1) is 5.41 Å². The molecule has 0 saturated heterocycles. The Balaban J connectivity index is 3.32. The van der Waals surface area contributed by atoms with E-state index >= 15 is 0 Å². The summed E-state index contributed by atoms with van der Waals surface area (Å²) in [6.07, 6.45) is -1.86. The fourth-order valence-electron chi connectivity index (χ4n) is 1.45. The SMILES string of the molecule is CC1=C(C)C(C)(C)C(F)C(F)=C1F. The van der Waals surface area contributed by atoms with Crippen LogP contribution in [0.3, 0.4) is 0 Å². The average Bonchev–Trinajstić information content (AvgIpc) is 2.09. The van der Waals surface area contributed by atoms with Crippen molar-refractivity contribution in [1.29, 1.82) is 0 Å². The first-order valence-electron chi connectivity index (χ1n) is 4.17. The van der Waals surface area contributed by atoms with Crippen LogP contribution < -0.4 is 0 Å². The molecule has 0 fully saturated rings. The molecular weight excluding hydrogens is 177 g/mol. The minimum atomic E-state index is -1.86. The van der Waals surface area contributed by atoms with E-state index in [2.05, 4.69) is 0 Å². The largest absolute Gasteiger partial charge is 0.239 e. The summed E-state index contributed by atoms with van der Waals surface area (Å²) >= 11 is 0. The van der Waals surface area contributed by atoms with Gasteiger partial charge in [-0.3, -0.25) is 0 Å². The molecule has 0 heterocycles. The Labute approximate surface area is 76.1 Å². The Morgan fingerprint density at radius 3 is 2.08 bits per heavy atom. The second-order valence-electron chi connectivity index (χ2n) is 4.00. The van der Waals surface area contributed by atoms with Gasteiger partial charge in [-0.15, -0.1) is 0 Å². The normalized spacial score (nSPS) is 28.4. The second kappa shape index (κ2) is 2.89. The van der Waals surface area contributed by atoms with Crippen molar-refractivity contribution < 1.29 is 13.2 Å². The Morgan fingerprint density at radius 2 is 1.62 bits per heavy atom. The standard InChI is InChI=1S/C10H13F3/c1-5-6(2)10(3,4)9(13)8(12)7(5)11/h9H,1-4H3. The fourth-order valence-corrected chi connectivity index (χ4v) is 1.45. The van der Waals surface area contributed by atoms with E-state index in [0.29, 0.717) is 5.57 Å². The first kappa shape index (κ1) is 10.4. The third kappa shape index (κ3) is 1.30. The summed E-state index contributed by atoms with van der Waals surface area (Å²) in [5.41, 5.74) is -0.153. The lowest BCUT2D eigenvalue weighted by Gasteiger charge is -2.34. The van der Waals surface area contributed by atoms with Crippen LogP contribution in [0.4, 0.5) is 13.2 Å². The molecular formula is C10H13F3. The van der Waals surface area contributed by atoms with E-state index in [1.165, 1.54) is 6.92 Å². The zero-order chi connectivity index (χ0) is 10.4. The number of halogens is 3. The smallest absolute Gasteiger partial charge is 0.171 e. The van der Waals surface area contributed by atoms with Crippen LogP contribution in [0.1, 0.15) is 27.7 Å². The van der Waals surface area contributed by atoms with Gasteiger partial charge < -0.3 is 0 Å². The van der Waals surface area contributed by atoms with Crippen molar-refractivity contribution in [3.05, 3.63) is 22.8 Å². The van der Waals surface area contributed by atoms with Crippen molar-refractivity contribution in [2.45, 2.75) is 33.9 Å². The Kier molecular flexibility index (Phi) is 2.30. The summed E-state index contributed by atoms with van der Waals surface area (Å²) in [4.78, 5) is 0. The molecule has 0 N–H and O–H groups in total. The van der Waals surface area contributed by atoms with Crippen LogP contribution in [-0.4, -0.2) is 6.17 Å². The first-order chi connectivity index (χ1) is 5.80. The lowest BCUT2D eigenvalue weighted by molar-refractivity contribution is 0.172.